The maximum Gasteiger partial charge on any atom is 0.268 e. The maximum atomic E-state index is 12.8. The molecule has 4 saturated carbocycles. The van der Waals surface area contributed by atoms with Crippen LogP contribution in [0.4, 0.5) is 5.69 Å². The Kier molecular flexibility index (Phi) is 4.27. The lowest BCUT2D eigenvalue weighted by molar-refractivity contribution is -0.125. The zero-order valence-corrected chi connectivity index (χ0v) is 18.3. The number of carbonyl (C=O) groups is 1. The fourth-order valence-electron chi connectivity index (χ4n) is 6.94. The highest BCUT2D eigenvalue weighted by molar-refractivity contribution is 6.06. The molecule has 4 bridgehead atoms. The quantitative estimate of drug-likeness (QED) is 0.799. The Morgan fingerprint density at radius 2 is 1.87 bits per heavy atom. The summed E-state index contributed by atoms with van der Waals surface area (Å²) >= 11 is 0. The number of aromatic nitrogens is 4. The first kappa shape index (κ1) is 19.1. The number of anilines is 1. The maximum absolute atomic E-state index is 12.8. The first-order chi connectivity index (χ1) is 15.0. The molecule has 1 aliphatic heterocycles. The van der Waals surface area contributed by atoms with Crippen molar-refractivity contribution in [2.75, 3.05) is 5.32 Å². The second kappa shape index (κ2) is 6.93. The summed E-state index contributed by atoms with van der Waals surface area (Å²) < 4.78 is 4.08. The molecule has 0 unspecified atom stereocenters. The highest BCUT2D eigenvalue weighted by Crippen LogP contribution is 2.58. The standard InChI is InChI=1S/C23H30N6O2/c1-3-28-14(2)19(12-24-28)20-7-21(31-27-20)22(30)26-18-11-25-29(13-18)23-8-15-4-16(9-23)6-17(5-15)10-23/h11-13,15-17,21H,3-10H2,1-2H3,(H,26,30)/t15?,16?,17?,21-,23?/m1/s1. The van der Waals surface area contributed by atoms with Crippen LogP contribution in [0, 0.1) is 24.7 Å². The van der Waals surface area contributed by atoms with Gasteiger partial charge in [-0.1, -0.05) is 5.16 Å². The Balaban J connectivity index is 1.12. The van der Waals surface area contributed by atoms with Gasteiger partial charge in [-0.2, -0.15) is 10.2 Å². The van der Waals surface area contributed by atoms with E-state index in [-0.39, 0.29) is 11.4 Å². The topological polar surface area (TPSA) is 86.3 Å². The second-order valence-electron chi connectivity index (χ2n) is 10.1. The minimum Gasteiger partial charge on any atom is -0.382 e. The van der Waals surface area contributed by atoms with E-state index in [9.17, 15) is 4.79 Å². The number of rotatable bonds is 5. The van der Waals surface area contributed by atoms with Crippen molar-refractivity contribution in [3.05, 3.63) is 29.8 Å². The number of nitrogens with zero attached hydrogens (tertiary/aromatic N) is 5. The largest absolute Gasteiger partial charge is 0.382 e. The summed E-state index contributed by atoms with van der Waals surface area (Å²) in [5.41, 5.74) is 3.68. The summed E-state index contributed by atoms with van der Waals surface area (Å²) in [6.45, 7) is 4.87. The van der Waals surface area contributed by atoms with Gasteiger partial charge in [-0.05, 0) is 70.1 Å². The van der Waals surface area contributed by atoms with Crippen molar-refractivity contribution in [2.24, 2.45) is 22.9 Å². The van der Waals surface area contributed by atoms with Crippen LogP contribution in [0.3, 0.4) is 0 Å². The molecule has 0 aromatic carbocycles. The first-order valence-electron chi connectivity index (χ1n) is 11.6. The number of hydrogen-bond acceptors (Lipinski definition) is 5. The van der Waals surface area contributed by atoms with Crippen LogP contribution in [0.1, 0.15) is 63.1 Å². The average Bonchev–Trinajstić information content (AvgIpc) is 3.46. The molecule has 8 nitrogen and oxygen atoms in total. The molecule has 4 fully saturated rings. The Morgan fingerprint density at radius 3 is 2.52 bits per heavy atom. The molecule has 8 heteroatoms. The summed E-state index contributed by atoms with van der Waals surface area (Å²) in [6, 6.07) is 0. The molecule has 1 atom stereocenters. The van der Waals surface area contributed by atoms with E-state index < -0.39 is 6.10 Å². The molecule has 1 amide bonds. The summed E-state index contributed by atoms with van der Waals surface area (Å²) in [5.74, 6) is 2.40. The van der Waals surface area contributed by atoms with Crippen LogP contribution in [0.25, 0.3) is 0 Å². The lowest BCUT2D eigenvalue weighted by Gasteiger charge is -2.56. The van der Waals surface area contributed by atoms with Crippen LogP contribution < -0.4 is 5.32 Å². The van der Waals surface area contributed by atoms with Gasteiger partial charge in [-0.15, -0.1) is 0 Å². The predicted molar refractivity (Wildman–Crippen MR) is 116 cm³/mol. The van der Waals surface area contributed by atoms with Crippen LogP contribution in [0.15, 0.2) is 23.7 Å². The molecule has 0 radical (unpaired) electrons. The number of nitrogens with one attached hydrogen (secondary N) is 1. The van der Waals surface area contributed by atoms with Crippen molar-refractivity contribution in [2.45, 2.75) is 77.0 Å². The Morgan fingerprint density at radius 1 is 1.16 bits per heavy atom. The van der Waals surface area contributed by atoms with Gasteiger partial charge in [0.2, 0.25) is 6.10 Å². The summed E-state index contributed by atoms with van der Waals surface area (Å²) in [5, 5.41) is 16.2. The van der Waals surface area contributed by atoms with Gasteiger partial charge in [0.15, 0.2) is 0 Å². The van der Waals surface area contributed by atoms with Crippen LogP contribution in [-0.2, 0) is 21.7 Å². The van der Waals surface area contributed by atoms with Gasteiger partial charge in [-0.3, -0.25) is 14.2 Å². The molecule has 3 heterocycles. The zero-order valence-electron chi connectivity index (χ0n) is 18.3. The van der Waals surface area contributed by atoms with Gasteiger partial charge in [-0.25, -0.2) is 0 Å². The van der Waals surface area contributed by atoms with Gasteiger partial charge in [0.1, 0.15) is 0 Å². The molecule has 31 heavy (non-hydrogen) atoms. The summed E-state index contributed by atoms with van der Waals surface area (Å²) in [6.07, 6.45) is 13.4. The van der Waals surface area contributed by atoms with E-state index >= 15 is 0 Å². The molecular formula is C23H30N6O2. The highest BCUT2D eigenvalue weighted by Gasteiger charge is 2.52. The van der Waals surface area contributed by atoms with Gasteiger partial charge in [0.25, 0.3) is 5.91 Å². The Labute approximate surface area is 182 Å². The van der Waals surface area contributed by atoms with Crippen LogP contribution >= 0.6 is 0 Å². The summed E-state index contributed by atoms with van der Waals surface area (Å²) in [7, 11) is 0. The van der Waals surface area contributed by atoms with E-state index in [0.717, 1.165) is 47.0 Å². The molecule has 2 aromatic heterocycles. The average molecular weight is 423 g/mol. The number of amides is 1. The van der Waals surface area contributed by atoms with E-state index in [0.29, 0.717) is 6.42 Å². The minimum atomic E-state index is -0.623. The number of hydrogen-bond donors (Lipinski definition) is 1. The Bertz CT molecular complexity index is 1020. The van der Waals surface area contributed by atoms with Crippen molar-refractivity contribution in [1.82, 2.24) is 19.6 Å². The van der Waals surface area contributed by atoms with Crippen LogP contribution in [-0.4, -0.2) is 37.3 Å². The van der Waals surface area contributed by atoms with Crippen molar-refractivity contribution >= 4 is 17.3 Å². The first-order valence-corrected chi connectivity index (χ1v) is 11.6. The summed E-state index contributed by atoms with van der Waals surface area (Å²) in [4.78, 5) is 18.3. The normalized spacial score (nSPS) is 33.4. The van der Waals surface area contributed by atoms with Gasteiger partial charge < -0.3 is 10.2 Å². The van der Waals surface area contributed by atoms with Crippen molar-refractivity contribution in [3.63, 3.8) is 0 Å². The monoisotopic (exact) mass is 422 g/mol. The van der Waals surface area contributed by atoms with Gasteiger partial charge in [0.05, 0.1) is 29.3 Å². The molecular weight excluding hydrogens is 392 g/mol. The minimum absolute atomic E-state index is 0.162. The van der Waals surface area contributed by atoms with Crippen molar-refractivity contribution < 1.29 is 9.63 Å². The van der Waals surface area contributed by atoms with Crippen LogP contribution in [0.2, 0.25) is 0 Å². The lowest BCUT2D eigenvalue weighted by Crippen LogP contribution is -2.52. The number of aryl methyl sites for hydroxylation is 1. The van der Waals surface area contributed by atoms with E-state index in [2.05, 4.69) is 27.2 Å². The van der Waals surface area contributed by atoms with E-state index in [1.54, 1.807) is 12.4 Å². The fraction of sp³-hybridized carbons (Fsp3) is 0.652. The van der Waals surface area contributed by atoms with E-state index in [4.69, 9.17) is 9.94 Å². The second-order valence-corrected chi connectivity index (χ2v) is 10.1. The van der Waals surface area contributed by atoms with Crippen molar-refractivity contribution in [1.29, 1.82) is 0 Å². The smallest absolute Gasteiger partial charge is 0.268 e. The van der Waals surface area contributed by atoms with E-state index in [1.165, 1.54) is 38.5 Å². The molecule has 5 aliphatic rings. The van der Waals surface area contributed by atoms with Gasteiger partial charge >= 0.3 is 0 Å². The number of oxime groups is 1. The highest BCUT2D eigenvalue weighted by atomic mass is 16.6. The third-order valence-electron chi connectivity index (χ3n) is 8.02. The third kappa shape index (κ3) is 3.10. The van der Waals surface area contributed by atoms with Gasteiger partial charge in [0, 0.05) is 30.4 Å². The Hall–Kier alpha value is -2.64. The van der Waals surface area contributed by atoms with E-state index in [1.807, 2.05) is 17.8 Å². The molecule has 1 N–H and O–H groups in total. The zero-order chi connectivity index (χ0) is 21.2. The molecule has 0 spiro atoms. The molecule has 164 valence electrons. The van der Waals surface area contributed by atoms with Crippen molar-refractivity contribution in [3.8, 4) is 0 Å². The number of carbonyl (C=O) groups excluding carboxylic acids is 1. The molecule has 0 saturated heterocycles. The third-order valence-corrected chi connectivity index (χ3v) is 8.02. The fourth-order valence-corrected chi connectivity index (χ4v) is 6.94. The predicted octanol–water partition coefficient (Wildman–Crippen LogP) is 3.46. The lowest BCUT2D eigenvalue weighted by atomic mass is 9.53. The SMILES string of the molecule is CCn1ncc(C2=NO[C@@H](C(=O)Nc3cnn(C45CC6CC(CC(C6)C4)C5)c3)C2)c1C. The molecule has 7 rings (SSSR count). The van der Waals surface area contributed by atoms with Crippen LogP contribution in [0.5, 0.6) is 0 Å². The molecule has 4 aliphatic carbocycles. The molecule has 2 aromatic rings.